The van der Waals surface area contributed by atoms with Gasteiger partial charge in [0.2, 0.25) is 0 Å². The Kier molecular flexibility index (Phi) is 3.50. The number of imidazole rings is 1. The molecule has 1 aliphatic rings. The first-order chi connectivity index (χ1) is 9.63. The van der Waals surface area contributed by atoms with Crippen molar-refractivity contribution in [2.75, 3.05) is 18.6 Å². The Morgan fingerprint density at radius 1 is 1.55 bits per heavy atom. The van der Waals surface area contributed by atoms with Gasteiger partial charge in [-0.15, -0.1) is 0 Å². The van der Waals surface area contributed by atoms with Crippen molar-refractivity contribution in [3.05, 3.63) is 6.33 Å². The Balaban J connectivity index is 2.02. The lowest BCUT2D eigenvalue weighted by Crippen LogP contribution is -2.24. The monoisotopic (exact) mass is 297 g/mol. The van der Waals surface area contributed by atoms with Crippen LogP contribution < -0.4 is 5.73 Å². The number of aliphatic hydroxyl groups is 2. The van der Waals surface area contributed by atoms with Crippen molar-refractivity contribution < 1.29 is 14.9 Å². The summed E-state index contributed by atoms with van der Waals surface area (Å²) in [5, 5.41) is 19.5. The zero-order chi connectivity index (χ0) is 14.3. The van der Waals surface area contributed by atoms with Crippen molar-refractivity contribution >= 4 is 28.7 Å². The number of nitrogens with two attached hydrogens (primary N) is 1. The van der Waals surface area contributed by atoms with Crippen LogP contribution in [-0.4, -0.2) is 54.8 Å². The molecule has 108 valence electrons. The first-order valence-electron chi connectivity index (χ1n) is 6.12. The lowest BCUT2D eigenvalue weighted by Gasteiger charge is -2.13. The fraction of sp³-hybridized carbons (Fsp3) is 0.545. The average Bonchev–Trinajstić information content (AvgIpc) is 3.01. The maximum absolute atomic E-state index is 9.81. The van der Waals surface area contributed by atoms with Crippen LogP contribution in [0.4, 0.5) is 5.82 Å². The van der Waals surface area contributed by atoms with E-state index in [-0.39, 0.29) is 6.61 Å². The van der Waals surface area contributed by atoms with E-state index >= 15 is 0 Å². The molecule has 0 aromatic carbocycles. The maximum atomic E-state index is 9.81. The van der Waals surface area contributed by atoms with Gasteiger partial charge in [-0.1, -0.05) is 11.8 Å². The molecule has 2 aromatic rings. The third kappa shape index (κ3) is 2.12. The average molecular weight is 297 g/mol. The molecule has 3 rings (SSSR count). The molecule has 1 saturated heterocycles. The number of ether oxygens (including phenoxy) is 1. The summed E-state index contributed by atoms with van der Waals surface area (Å²) in [5.74, 6) is 0.315. The lowest BCUT2D eigenvalue weighted by molar-refractivity contribution is -0.0432. The molecule has 1 aliphatic heterocycles. The third-order valence-corrected chi connectivity index (χ3v) is 3.85. The van der Waals surface area contributed by atoms with Crippen LogP contribution in [0.3, 0.4) is 0 Å². The number of fused-ring (bicyclic) bond motifs is 1. The number of anilines is 1. The molecule has 1 unspecified atom stereocenters. The van der Waals surface area contributed by atoms with E-state index in [0.29, 0.717) is 28.6 Å². The van der Waals surface area contributed by atoms with Gasteiger partial charge in [-0.2, -0.15) is 0 Å². The summed E-state index contributed by atoms with van der Waals surface area (Å²) >= 11 is 1.38. The van der Waals surface area contributed by atoms with Gasteiger partial charge in [0, 0.05) is 6.42 Å². The summed E-state index contributed by atoms with van der Waals surface area (Å²) in [7, 11) is 0. The van der Waals surface area contributed by atoms with Crippen LogP contribution in [0.15, 0.2) is 11.5 Å². The van der Waals surface area contributed by atoms with E-state index in [2.05, 4.69) is 15.0 Å². The molecule has 0 spiro atoms. The van der Waals surface area contributed by atoms with Crippen LogP contribution in [0.2, 0.25) is 0 Å². The van der Waals surface area contributed by atoms with E-state index in [1.54, 1.807) is 10.9 Å². The smallest absolute Gasteiger partial charge is 0.191 e. The van der Waals surface area contributed by atoms with Gasteiger partial charge in [-0.05, 0) is 6.26 Å². The normalized spacial score (nSPS) is 26.4. The second-order valence-electron chi connectivity index (χ2n) is 4.53. The van der Waals surface area contributed by atoms with E-state index < -0.39 is 18.4 Å². The number of hydrogen-bond donors (Lipinski definition) is 3. The zero-order valence-electron chi connectivity index (χ0n) is 10.8. The van der Waals surface area contributed by atoms with Gasteiger partial charge in [0.05, 0.1) is 19.0 Å². The lowest BCUT2D eigenvalue weighted by atomic mass is 10.2. The van der Waals surface area contributed by atoms with E-state index in [9.17, 15) is 5.11 Å². The second-order valence-corrected chi connectivity index (χ2v) is 5.31. The molecule has 0 saturated carbocycles. The molecule has 3 atom stereocenters. The minimum atomic E-state index is -0.707. The maximum Gasteiger partial charge on any atom is 0.191 e. The van der Waals surface area contributed by atoms with Crippen LogP contribution in [-0.2, 0) is 4.74 Å². The number of aromatic nitrogens is 4. The predicted octanol–water partition coefficient (Wildman–Crippen LogP) is -0.229. The Labute approximate surface area is 119 Å². The van der Waals surface area contributed by atoms with Crippen LogP contribution in [0.25, 0.3) is 11.2 Å². The van der Waals surface area contributed by atoms with E-state index in [4.69, 9.17) is 15.6 Å². The number of hydrogen-bond acceptors (Lipinski definition) is 8. The number of aliphatic hydroxyl groups excluding tert-OH is 2. The molecule has 0 aliphatic carbocycles. The van der Waals surface area contributed by atoms with Gasteiger partial charge in [0.1, 0.15) is 17.8 Å². The molecule has 0 amide bonds. The molecule has 9 heteroatoms. The Bertz CT molecular complexity index is 634. The number of nitrogens with zero attached hydrogens (tertiary/aromatic N) is 4. The van der Waals surface area contributed by atoms with Crippen molar-refractivity contribution in [1.29, 1.82) is 0 Å². The molecule has 0 bridgehead atoms. The first kappa shape index (κ1) is 13.6. The number of rotatable bonds is 3. The predicted molar refractivity (Wildman–Crippen MR) is 73.1 cm³/mol. The van der Waals surface area contributed by atoms with Crippen molar-refractivity contribution in [3.8, 4) is 0 Å². The largest absolute Gasteiger partial charge is 0.394 e. The number of thioether (sulfide) groups is 1. The fourth-order valence-electron chi connectivity index (χ4n) is 2.27. The second kappa shape index (κ2) is 5.17. The van der Waals surface area contributed by atoms with Crippen molar-refractivity contribution in [1.82, 2.24) is 19.5 Å². The molecular weight excluding hydrogens is 282 g/mol. The molecule has 1 fully saturated rings. The zero-order valence-corrected chi connectivity index (χ0v) is 11.6. The molecule has 8 nitrogen and oxygen atoms in total. The number of nitrogen functional groups attached to an aromatic ring is 1. The summed E-state index contributed by atoms with van der Waals surface area (Å²) < 4.78 is 7.32. The van der Waals surface area contributed by atoms with Crippen molar-refractivity contribution in [2.45, 2.75) is 30.0 Å². The Hall–Kier alpha value is -1.42. The summed E-state index contributed by atoms with van der Waals surface area (Å²) in [6.07, 6.45) is 2.08. The minimum absolute atomic E-state index is 0.225. The standard InChI is InChI=1S/C11H15N5O3S/c1-20-11-14-9(12)8-10(15-11)16(4-13-8)7-2-5(18)6(3-17)19-7/h4-7,17-18H,2-3H2,1H3,(H2,12,14,15)/t5?,6-,7-/m1/s1. The summed E-state index contributed by atoms with van der Waals surface area (Å²) in [4.78, 5) is 12.7. The third-order valence-electron chi connectivity index (χ3n) is 3.30. The van der Waals surface area contributed by atoms with Crippen molar-refractivity contribution in [3.63, 3.8) is 0 Å². The molecule has 4 N–H and O–H groups in total. The van der Waals surface area contributed by atoms with Crippen LogP contribution in [0.1, 0.15) is 12.6 Å². The van der Waals surface area contributed by atoms with Crippen LogP contribution in [0.5, 0.6) is 0 Å². The molecule has 2 aromatic heterocycles. The Morgan fingerprint density at radius 3 is 3.00 bits per heavy atom. The molecule has 3 heterocycles. The van der Waals surface area contributed by atoms with Gasteiger partial charge < -0.3 is 20.7 Å². The highest BCUT2D eigenvalue weighted by Crippen LogP contribution is 2.31. The SMILES string of the molecule is CSc1nc(N)c2ncn([C@H]3CC(O)[C@@H](CO)O3)c2n1. The van der Waals surface area contributed by atoms with Gasteiger partial charge in [-0.3, -0.25) is 4.57 Å². The summed E-state index contributed by atoms with van der Waals surface area (Å²) in [6, 6.07) is 0. The van der Waals surface area contributed by atoms with E-state index in [0.717, 1.165) is 0 Å². The quantitative estimate of drug-likeness (QED) is 0.525. The molecule has 20 heavy (non-hydrogen) atoms. The first-order valence-corrected chi connectivity index (χ1v) is 7.35. The van der Waals surface area contributed by atoms with Gasteiger partial charge >= 0.3 is 0 Å². The summed E-state index contributed by atoms with van der Waals surface area (Å²) in [6.45, 7) is -0.225. The highest BCUT2D eigenvalue weighted by molar-refractivity contribution is 7.98. The van der Waals surface area contributed by atoms with Crippen LogP contribution >= 0.6 is 11.8 Å². The van der Waals surface area contributed by atoms with Crippen molar-refractivity contribution in [2.24, 2.45) is 0 Å². The van der Waals surface area contributed by atoms with E-state index in [1.807, 2.05) is 6.26 Å². The topological polar surface area (TPSA) is 119 Å². The van der Waals surface area contributed by atoms with Crippen LogP contribution in [0, 0.1) is 0 Å². The minimum Gasteiger partial charge on any atom is -0.394 e. The molecule has 0 radical (unpaired) electrons. The van der Waals surface area contributed by atoms with Gasteiger partial charge in [-0.25, -0.2) is 15.0 Å². The van der Waals surface area contributed by atoms with Gasteiger partial charge in [0.25, 0.3) is 0 Å². The fourth-order valence-corrected chi connectivity index (χ4v) is 2.64. The highest BCUT2D eigenvalue weighted by Gasteiger charge is 2.35. The molecular formula is C11H15N5O3S. The summed E-state index contributed by atoms with van der Waals surface area (Å²) in [5.41, 5.74) is 6.93. The van der Waals surface area contributed by atoms with Gasteiger partial charge in [0.15, 0.2) is 16.6 Å². The highest BCUT2D eigenvalue weighted by atomic mass is 32.2. The van der Waals surface area contributed by atoms with E-state index in [1.165, 1.54) is 11.8 Å². The Morgan fingerprint density at radius 2 is 2.35 bits per heavy atom.